The van der Waals surface area contributed by atoms with Gasteiger partial charge in [-0.3, -0.25) is 19.9 Å². The quantitative estimate of drug-likeness (QED) is 0.823. The fourth-order valence-corrected chi connectivity index (χ4v) is 1.99. The van der Waals surface area contributed by atoms with Gasteiger partial charge >= 0.3 is 0 Å². The van der Waals surface area contributed by atoms with Gasteiger partial charge in [-0.15, -0.1) is 0 Å². The molecule has 2 aromatic heterocycles. The Morgan fingerprint density at radius 3 is 2.74 bits per heavy atom. The number of nitrogens with zero attached hydrogens (tertiary/aromatic N) is 4. The first-order valence-electron chi connectivity index (χ1n) is 6.53. The monoisotopic (exact) mass is 256 g/mol. The van der Waals surface area contributed by atoms with Crippen molar-refractivity contribution in [3.63, 3.8) is 0 Å². The van der Waals surface area contributed by atoms with Crippen LogP contribution in [0.4, 0.5) is 0 Å². The Bertz CT molecular complexity index is 513. The Kier molecular flexibility index (Phi) is 4.58. The lowest BCUT2D eigenvalue weighted by Crippen LogP contribution is -2.31. The van der Waals surface area contributed by atoms with Crippen molar-refractivity contribution in [2.75, 3.05) is 7.05 Å². The third-order valence-electron chi connectivity index (χ3n) is 3.23. The lowest BCUT2D eigenvalue weighted by atomic mass is 10.1. The number of hydrogen-bond acceptors (Lipinski definition) is 4. The molecule has 4 nitrogen and oxygen atoms in total. The minimum atomic E-state index is 0.402. The largest absolute Gasteiger partial charge is 0.297 e. The van der Waals surface area contributed by atoms with Crippen molar-refractivity contribution in [1.29, 1.82) is 0 Å². The molecule has 0 saturated carbocycles. The summed E-state index contributed by atoms with van der Waals surface area (Å²) in [4.78, 5) is 15.2. The molecule has 2 aromatic rings. The van der Waals surface area contributed by atoms with Gasteiger partial charge in [0.15, 0.2) is 0 Å². The van der Waals surface area contributed by atoms with E-state index in [9.17, 15) is 0 Å². The van der Waals surface area contributed by atoms with Crippen LogP contribution in [0.3, 0.4) is 0 Å². The number of rotatable bonds is 5. The van der Waals surface area contributed by atoms with E-state index in [-0.39, 0.29) is 0 Å². The standard InChI is InChI=1S/C15H20N4/c1-12-5-4-6-14(18-12)11-19(3)13(2)9-15-10-16-7-8-17-15/h4-8,10,13H,9,11H2,1-3H3. The summed E-state index contributed by atoms with van der Waals surface area (Å²) in [6.45, 7) is 5.07. The maximum absolute atomic E-state index is 4.53. The number of hydrogen-bond donors (Lipinski definition) is 0. The average Bonchev–Trinajstić information content (AvgIpc) is 2.40. The minimum Gasteiger partial charge on any atom is -0.297 e. The summed E-state index contributed by atoms with van der Waals surface area (Å²) < 4.78 is 0. The Hall–Kier alpha value is -1.81. The van der Waals surface area contributed by atoms with Gasteiger partial charge in [-0.1, -0.05) is 6.07 Å². The maximum atomic E-state index is 4.53. The summed E-state index contributed by atoms with van der Waals surface area (Å²) in [6.07, 6.45) is 6.17. The lowest BCUT2D eigenvalue weighted by molar-refractivity contribution is 0.244. The Balaban J connectivity index is 1.94. The topological polar surface area (TPSA) is 41.9 Å². The van der Waals surface area contributed by atoms with E-state index < -0.39 is 0 Å². The van der Waals surface area contributed by atoms with E-state index in [0.29, 0.717) is 6.04 Å². The number of aryl methyl sites for hydroxylation is 1. The van der Waals surface area contributed by atoms with Gasteiger partial charge in [0.1, 0.15) is 0 Å². The van der Waals surface area contributed by atoms with E-state index in [4.69, 9.17) is 0 Å². The molecule has 2 heterocycles. The van der Waals surface area contributed by atoms with Crippen LogP contribution >= 0.6 is 0 Å². The van der Waals surface area contributed by atoms with Crippen LogP contribution in [0.5, 0.6) is 0 Å². The van der Waals surface area contributed by atoms with Crippen molar-refractivity contribution in [2.24, 2.45) is 0 Å². The van der Waals surface area contributed by atoms with Gasteiger partial charge in [0.2, 0.25) is 0 Å². The summed E-state index contributed by atoms with van der Waals surface area (Å²) in [5.41, 5.74) is 3.19. The van der Waals surface area contributed by atoms with E-state index >= 15 is 0 Å². The van der Waals surface area contributed by atoms with E-state index in [1.54, 1.807) is 12.4 Å². The van der Waals surface area contributed by atoms with Gasteiger partial charge < -0.3 is 0 Å². The predicted molar refractivity (Wildman–Crippen MR) is 75.6 cm³/mol. The van der Waals surface area contributed by atoms with Crippen LogP contribution in [0.1, 0.15) is 24.0 Å². The number of likely N-dealkylation sites (N-methyl/N-ethyl adjacent to an activating group) is 1. The van der Waals surface area contributed by atoms with Gasteiger partial charge in [-0.05, 0) is 33.0 Å². The van der Waals surface area contributed by atoms with Gasteiger partial charge in [0.05, 0.1) is 11.4 Å². The van der Waals surface area contributed by atoms with Gasteiger partial charge in [-0.25, -0.2) is 0 Å². The molecule has 0 N–H and O–H groups in total. The molecule has 0 amide bonds. The second kappa shape index (κ2) is 6.38. The summed E-state index contributed by atoms with van der Waals surface area (Å²) in [5, 5.41) is 0. The molecule has 0 bridgehead atoms. The zero-order chi connectivity index (χ0) is 13.7. The molecule has 0 aromatic carbocycles. The van der Waals surface area contributed by atoms with E-state index in [2.05, 4.69) is 46.0 Å². The lowest BCUT2D eigenvalue weighted by Gasteiger charge is -2.24. The van der Waals surface area contributed by atoms with Crippen LogP contribution in [0.2, 0.25) is 0 Å². The third-order valence-corrected chi connectivity index (χ3v) is 3.23. The maximum Gasteiger partial charge on any atom is 0.0602 e. The van der Waals surface area contributed by atoms with Crippen molar-refractivity contribution >= 4 is 0 Å². The van der Waals surface area contributed by atoms with Gasteiger partial charge in [0.25, 0.3) is 0 Å². The van der Waals surface area contributed by atoms with Crippen LogP contribution in [-0.4, -0.2) is 32.9 Å². The zero-order valence-electron chi connectivity index (χ0n) is 11.7. The fourth-order valence-electron chi connectivity index (χ4n) is 1.99. The van der Waals surface area contributed by atoms with Crippen LogP contribution in [0.15, 0.2) is 36.8 Å². The molecular formula is C15H20N4. The van der Waals surface area contributed by atoms with Crippen molar-refractivity contribution in [1.82, 2.24) is 19.9 Å². The van der Waals surface area contributed by atoms with Crippen LogP contribution in [0, 0.1) is 6.92 Å². The molecule has 0 saturated heterocycles. The van der Waals surface area contributed by atoms with E-state index in [1.165, 1.54) is 0 Å². The van der Waals surface area contributed by atoms with Crippen molar-refractivity contribution < 1.29 is 0 Å². The van der Waals surface area contributed by atoms with Crippen LogP contribution in [-0.2, 0) is 13.0 Å². The first kappa shape index (κ1) is 13.6. The smallest absolute Gasteiger partial charge is 0.0602 e. The third kappa shape index (κ3) is 4.10. The van der Waals surface area contributed by atoms with Crippen LogP contribution in [0.25, 0.3) is 0 Å². The molecule has 19 heavy (non-hydrogen) atoms. The molecule has 1 atom stereocenters. The van der Waals surface area contributed by atoms with Crippen molar-refractivity contribution in [3.8, 4) is 0 Å². The molecule has 0 aliphatic heterocycles. The van der Waals surface area contributed by atoms with Crippen molar-refractivity contribution in [2.45, 2.75) is 32.9 Å². The highest BCUT2D eigenvalue weighted by Gasteiger charge is 2.11. The molecule has 4 heteroatoms. The molecule has 0 aliphatic rings. The van der Waals surface area contributed by atoms with E-state index in [1.807, 2.05) is 19.2 Å². The highest BCUT2D eigenvalue weighted by atomic mass is 15.1. The first-order valence-corrected chi connectivity index (χ1v) is 6.53. The Labute approximate surface area is 114 Å². The Morgan fingerprint density at radius 1 is 1.21 bits per heavy atom. The summed E-state index contributed by atoms with van der Waals surface area (Å²) in [7, 11) is 2.12. The fraction of sp³-hybridized carbons (Fsp3) is 0.400. The first-order chi connectivity index (χ1) is 9.15. The van der Waals surface area contributed by atoms with Gasteiger partial charge in [-0.2, -0.15) is 0 Å². The molecule has 1 unspecified atom stereocenters. The summed E-state index contributed by atoms with van der Waals surface area (Å²) in [6, 6.07) is 6.54. The number of pyridine rings is 1. The van der Waals surface area contributed by atoms with E-state index in [0.717, 1.165) is 30.0 Å². The second-order valence-electron chi connectivity index (χ2n) is 4.94. The molecular weight excluding hydrogens is 236 g/mol. The molecule has 0 radical (unpaired) electrons. The molecule has 2 rings (SSSR count). The molecule has 0 aliphatic carbocycles. The zero-order valence-corrected chi connectivity index (χ0v) is 11.7. The SMILES string of the molecule is Cc1cccc(CN(C)C(C)Cc2cnccn2)n1. The van der Waals surface area contributed by atoms with Crippen LogP contribution < -0.4 is 0 Å². The molecule has 100 valence electrons. The summed E-state index contributed by atoms with van der Waals surface area (Å²) >= 11 is 0. The van der Waals surface area contributed by atoms with Crippen molar-refractivity contribution in [3.05, 3.63) is 53.9 Å². The number of aromatic nitrogens is 3. The molecule has 0 fully saturated rings. The average molecular weight is 256 g/mol. The highest BCUT2D eigenvalue weighted by molar-refractivity contribution is 5.10. The predicted octanol–water partition coefficient (Wildman–Crippen LogP) is 2.24. The van der Waals surface area contributed by atoms with Gasteiger partial charge in [0, 0.05) is 43.3 Å². The normalized spacial score (nSPS) is 12.6. The highest BCUT2D eigenvalue weighted by Crippen LogP contribution is 2.08. The summed E-state index contributed by atoms with van der Waals surface area (Å²) in [5.74, 6) is 0. The Morgan fingerprint density at radius 2 is 2.05 bits per heavy atom. The second-order valence-corrected chi connectivity index (χ2v) is 4.94. The molecule has 0 spiro atoms. The minimum absolute atomic E-state index is 0.402.